The van der Waals surface area contributed by atoms with E-state index in [1.807, 2.05) is 0 Å². The van der Waals surface area contributed by atoms with Crippen molar-refractivity contribution in [3.8, 4) is 5.75 Å². The Morgan fingerprint density at radius 1 is 1.37 bits per heavy atom. The summed E-state index contributed by atoms with van der Waals surface area (Å²) in [7, 11) is 4.16. The fraction of sp³-hybridized carbons (Fsp3) is 0.600. The molecule has 1 unspecified atom stereocenters. The number of hydrogen-bond acceptors (Lipinski definition) is 3. The van der Waals surface area contributed by atoms with Crippen molar-refractivity contribution in [3.05, 3.63) is 28.2 Å². The predicted octanol–water partition coefficient (Wildman–Crippen LogP) is 3.45. The van der Waals surface area contributed by atoms with Gasteiger partial charge in [0.25, 0.3) is 0 Å². The number of hydrogen-bond donors (Lipinski definition) is 1. The molecule has 1 rings (SSSR count). The van der Waals surface area contributed by atoms with Crippen LogP contribution in [0.1, 0.15) is 31.9 Å². The second-order valence-electron chi connectivity index (χ2n) is 4.97. The third-order valence-electron chi connectivity index (χ3n) is 2.96. The van der Waals surface area contributed by atoms with E-state index in [2.05, 4.69) is 72.3 Å². The average molecular weight is 329 g/mol. The number of rotatable bonds is 8. The molecule has 3 nitrogen and oxygen atoms in total. The molecule has 0 saturated carbocycles. The van der Waals surface area contributed by atoms with Crippen LogP contribution in [0.15, 0.2) is 22.7 Å². The van der Waals surface area contributed by atoms with Crippen molar-refractivity contribution in [2.45, 2.75) is 26.3 Å². The zero-order valence-corrected chi connectivity index (χ0v) is 14.0. The number of halogens is 1. The summed E-state index contributed by atoms with van der Waals surface area (Å²) < 4.78 is 7.00. The van der Waals surface area contributed by atoms with Crippen molar-refractivity contribution in [3.63, 3.8) is 0 Å². The number of benzene rings is 1. The van der Waals surface area contributed by atoms with Crippen LogP contribution in [-0.4, -0.2) is 38.7 Å². The normalized spacial score (nSPS) is 12.7. The van der Waals surface area contributed by atoms with Crippen LogP contribution in [0, 0.1) is 0 Å². The van der Waals surface area contributed by atoms with Gasteiger partial charge in [0.2, 0.25) is 0 Å². The van der Waals surface area contributed by atoms with Crippen LogP contribution in [-0.2, 0) is 0 Å². The van der Waals surface area contributed by atoms with Crippen molar-refractivity contribution in [2.24, 2.45) is 0 Å². The van der Waals surface area contributed by atoms with E-state index in [-0.39, 0.29) is 0 Å². The van der Waals surface area contributed by atoms with E-state index in [1.54, 1.807) is 0 Å². The van der Waals surface area contributed by atoms with Crippen LogP contribution in [0.2, 0.25) is 0 Å². The molecule has 0 bridgehead atoms. The van der Waals surface area contributed by atoms with Gasteiger partial charge in [0.05, 0.1) is 6.61 Å². The van der Waals surface area contributed by atoms with Gasteiger partial charge in [0.1, 0.15) is 5.75 Å². The zero-order chi connectivity index (χ0) is 14.3. The molecule has 19 heavy (non-hydrogen) atoms. The Morgan fingerprint density at radius 3 is 2.74 bits per heavy atom. The summed E-state index contributed by atoms with van der Waals surface area (Å²) in [5.74, 6) is 0.974. The first-order chi connectivity index (χ1) is 9.04. The Labute approximate surface area is 125 Å². The van der Waals surface area contributed by atoms with Gasteiger partial charge < -0.3 is 15.0 Å². The maximum absolute atomic E-state index is 5.94. The third kappa shape index (κ3) is 5.93. The fourth-order valence-corrected chi connectivity index (χ4v) is 2.31. The first-order valence-electron chi connectivity index (χ1n) is 6.85. The van der Waals surface area contributed by atoms with Crippen LogP contribution < -0.4 is 10.1 Å². The average Bonchev–Trinajstić information content (AvgIpc) is 2.34. The van der Waals surface area contributed by atoms with Crippen molar-refractivity contribution >= 4 is 15.9 Å². The Morgan fingerprint density at radius 2 is 2.11 bits per heavy atom. The molecule has 1 aromatic rings. The van der Waals surface area contributed by atoms with E-state index >= 15 is 0 Å². The summed E-state index contributed by atoms with van der Waals surface area (Å²) in [6.45, 7) is 7.04. The minimum Gasteiger partial charge on any atom is -0.493 e. The quantitative estimate of drug-likeness (QED) is 0.740. The molecule has 1 N–H and O–H groups in total. The maximum atomic E-state index is 5.94. The van der Waals surface area contributed by atoms with E-state index in [9.17, 15) is 0 Å². The van der Waals surface area contributed by atoms with Crippen LogP contribution in [0.25, 0.3) is 0 Å². The standard InChI is InChI=1S/C15H25BrN2O/c1-5-17-12(2)14-8-7-13(16)11-15(14)19-10-6-9-18(3)4/h7-8,11-12,17H,5-6,9-10H2,1-4H3. The van der Waals surface area contributed by atoms with Crippen LogP contribution in [0.5, 0.6) is 5.75 Å². The van der Waals surface area contributed by atoms with Gasteiger partial charge in [0, 0.05) is 22.6 Å². The molecule has 0 aliphatic heterocycles. The van der Waals surface area contributed by atoms with E-state index in [0.29, 0.717) is 6.04 Å². The molecule has 0 radical (unpaired) electrons. The van der Waals surface area contributed by atoms with Crippen molar-refractivity contribution in [2.75, 3.05) is 33.8 Å². The number of ether oxygens (including phenoxy) is 1. The lowest BCUT2D eigenvalue weighted by molar-refractivity contribution is 0.277. The van der Waals surface area contributed by atoms with Gasteiger partial charge in [-0.25, -0.2) is 0 Å². The van der Waals surface area contributed by atoms with Gasteiger partial charge in [0.15, 0.2) is 0 Å². The highest BCUT2D eigenvalue weighted by Gasteiger charge is 2.11. The number of nitrogens with zero attached hydrogens (tertiary/aromatic N) is 1. The van der Waals surface area contributed by atoms with Crippen LogP contribution in [0.3, 0.4) is 0 Å². The number of nitrogens with one attached hydrogen (secondary N) is 1. The summed E-state index contributed by atoms with van der Waals surface area (Å²) in [5, 5.41) is 3.43. The molecular weight excluding hydrogens is 304 g/mol. The van der Waals surface area contributed by atoms with E-state index in [4.69, 9.17) is 4.74 Å². The summed E-state index contributed by atoms with van der Waals surface area (Å²) >= 11 is 3.51. The smallest absolute Gasteiger partial charge is 0.125 e. The molecule has 4 heteroatoms. The predicted molar refractivity (Wildman–Crippen MR) is 84.9 cm³/mol. The van der Waals surface area contributed by atoms with E-state index in [0.717, 1.165) is 36.3 Å². The van der Waals surface area contributed by atoms with Gasteiger partial charge >= 0.3 is 0 Å². The summed E-state index contributed by atoms with van der Waals surface area (Å²) in [4.78, 5) is 2.17. The van der Waals surface area contributed by atoms with Crippen molar-refractivity contribution < 1.29 is 4.74 Å². The minimum absolute atomic E-state index is 0.307. The molecule has 1 atom stereocenters. The molecule has 0 aromatic heterocycles. The SMILES string of the molecule is CCNC(C)c1ccc(Br)cc1OCCCN(C)C. The lowest BCUT2D eigenvalue weighted by Crippen LogP contribution is -2.19. The molecule has 0 heterocycles. The second-order valence-corrected chi connectivity index (χ2v) is 5.88. The molecule has 0 spiro atoms. The summed E-state index contributed by atoms with van der Waals surface area (Å²) in [6, 6.07) is 6.55. The first kappa shape index (κ1) is 16.5. The lowest BCUT2D eigenvalue weighted by atomic mass is 10.1. The molecule has 0 fully saturated rings. The summed E-state index contributed by atoms with van der Waals surface area (Å²) in [5.41, 5.74) is 1.22. The molecule has 0 amide bonds. The Kier molecular flexibility index (Phi) is 7.42. The van der Waals surface area contributed by atoms with Crippen molar-refractivity contribution in [1.82, 2.24) is 10.2 Å². The fourth-order valence-electron chi connectivity index (χ4n) is 1.97. The topological polar surface area (TPSA) is 24.5 Å². The highest BCUT2D eigenvalue weighted by molar-refractivity contribution is 9.10. The van der Waals surface area contributed by atoms with Gasteiger partial charge in [-0.3, -0.25) is 0 Å². The van der Waals surface area contributed by atoms with Crippen LogP contribution in [0.4, 0.5) is 0 Å². The van der Waals surface area contributed by atoms with E-state index < -0.39 is 0 Å². The minimum atomic E-state index is 0.307. The Bertz CT molecular complexity index is 382. The van der Waals surface area contributed by atoms with Gasteiger partial charge in [-0.15, -0.1) is 0 Å². The summed E-state index contributed by atoms with van der Waals surface area (Å²) in [6.07, 6.45) is 1.04. The maximum Gasteiger partial charge on any atom is 0.125 e. The zero-order valence-electron chi connectivity index (χ0n) is 12.4. The molecule has 0 aliphatic rings. The van der Waals surface area contributed by atoms with Crippen molar-refractivity contribution in [1.29, 1.82) is 0 Å². The van der Waals surface area contributed by atoms with Gasteiger partial charge in [-0.1, -0.05) is 28.9 Å². The van der Waals surface area contributed by atoms with Gasteiger partial charge in [-0.05, 0) is 46.1 Å². The molecule has 1 aromatic carbocycles. The third-order valence-corrected chi connectivity index (χ3v) is 3.45. The highest BCUT2D eigenvalue weighted by atomic mass is 79.9. The first-order valence-corrected chi connectivity index (χ1v) is 7.64. The molecule has 0 aliphatic carbocycles. The lowest BCUT2D eigenvalue weighted by Gasteiger charge is -2.18. The van der Waals surface area contributed by atoms with Crippen LogP contribution >= 0.6 is 15.9 Å². The monoisotopic (exact) mass is 328 g/mol. The molecular formula is C15H25BrN2O. The van der Waals surface area contributed by atoms with E-state index in [1.165, 1.54) is 5.56 Å². The molecule has 0 saturated heterocycles. The molecule has 108 valence electrons. The highest BCUT2D eigenvalue weighted by Crippen LogP contribution is 2.28. The Balaban J connectivity index is 2.66. The Hall–Kier alpha value is -0.580. The van der Waals surface area contributed by atoms with Gasteiger partial charge in [-0.2, -0.15) is 0 Å². The second kappa shape index (κ2) is 8.56. The largest absolute Gasteiger partial charge is 0.493 e.